The van der Waals surface area contributed by atoms with Crippen molar-refractivity contribution in [3.63, 3.8) is 0 Å². The van der Waals surface area contributed by atoms with E-state index in [2.05, 4.69) is 25.2 Å². The number of nitrogens with zero attached hydrogens (tertiary/aromatic N) is 4. The molecule has 2 aromatic rings. The Labute approximate surface area is 142 Å². The van der Waals surface area contributed by atoms with E-state index in [0.29, 0.717) is 17.9 Å². The van der Waals surface area contributed by atoms with E-state index in [1.807, 2.05) is 31.2 Å². The number of ether oxygens (including phenoxy) is 1. The highest BCUT2D eigenvalue weighted by atomic mass is 16.5. The smallest absolute Gasteiger partial charge is 0.180 e. The van der Waals surface area contributed by atoms with Gasteiger partial charge < -0.3 is 10.1 Å². The summed E-state index contributed by atoms with van der Waals surface area (Å²) >= 11 is 0. The SMILES string of the molecule is Cc1cc(NC2CC(N3CCOCC3)C2)nc(-c2ccccn2)n1. The predicted octanol–water partition coefficient (Wildman–Crippen LogP) is 2.12. The average Bonchev–Trinajstić information content (AvgIpc) is 2.59. The van der Waals surface area contributed by atoms with Crippen molar-refractivity contribution in [2.45, 2.75) is 31.8 Å². The van der Waals surface area contributed by atoms with Crippen LogP contribution in [0.4, 0.5) is 5.82 Å². The first kappa shape index (κ1) is 15.5. The molecule has 6 nitrogen and oxygen atoms in total. The molecule has 2 fully saturated rings. The van der Waals surface area contributed by atoms with Crippen molar-refractivity contribution < 1.29 is 4.74 Å². The molecule has 2 aromatic heterocycles. The Balaban J connectivity index is 1.40. The molecule has 126 valence electrons. The topological polar surface area (TPSA) is 63.2 Å². The van der Waals surface area contributed by atoms with Gasteiger partial charge in [0.05, 0.1) is 13.2 Å². The quantitative estimate of drug-likeness (QED) is 0.929. The molecule has 1 aliphatic heterocycles. The summed E-state index contributed by atoms with van der Waals surface area (Å²) in [5.74, 6) is 1.58. The van der Waals surface area contributed by atoms with Crippen LogP contribution in [0.25, 0.3) is 11.5 Å². The second kappa shape index (κ2) is 6.83. The monoisotopic (exact) mass is 325 g/mol. The molecule has 1 N–H and O–H groups in total. The number of nitrogens with one attached hydrogen (secondary N) is 1. The number of morpholine rings is 1. The minimum Gasteiger partial charge on any atom is -0.379 e. The molecule has 0 unspecified atom stereocenters. The number of anilines is 1. The number of pyridine rings is 1. The van der Waals surface area contributed by atoms with Crippen molar-refractivity contribution in [1.29, 1.82) is 0 Å². The summed E-state index contributed by atoms with van der Waals surface area (Å²) < 4.78 is 5.43. The van der Waals surface area contributed by atoms with Crippen LogP contribution in [0, 0.1) is 6.92 Å². The number of hydrogen-bond acceptors (Lipinski definition) is 6. The van der Waals surface area contributed by atoms with Gasteiger partial charge in [-0.05, 0) is 31.9 Å². The van der Waals surface area contributed by atoms with Crippen LogP contribution < -0.4 is 5.32 Å². The molecule has 24 heavy (non-hydrogen) atoms. The Morgan fingerprint density at radius 3 is 2.75 bits per heavy atom. The number of aromatic nitrogens is 3. The van der Waals surface area contributed by atoms with Crippen LogP contribution in [0.15, 0.2) is 30.5 Å². The Bertz CT molecular complexity index is 681. The molecule has 1 saturated carbocycles. The highest BCUT2D eigenvalue weighted by Crippen LogP contribution is 2.29. The summed E-state index contributed by atoms with van der Waals surface area (Å²) in [6.45, 7) is 5.86. The number of rotatable bonds is 4. The first-order valence-corrected chi connectivity index (χ1v) is 8.63. The Hall–Kier alpha value is -2.05. The van der Waals surface area contributed by atoms with Gasteiger partial charge in [-0.2, -0.15) is 0 Å². The summed E-state index contributed by atoms with van der Waals surface area (Å²) in [5, 5.41) is 3.56. The maximum Gasteiger partial charge on any atom is 0.180 e. The zero-order valence-corrected chi connectivity index (χ0v) is 14.0. The highest BCUT2D eigenvalue weighted by Gasteiger charge is 2.34. The highest BCUT2D eigenvalue weighted by molar-refractivity contribution is 5.53. The van der Waals surface area contributed by atoms with Gasteiger partial charge in [0.1, 0.15) is 11.5 Å². The van der Waals surface area contributed by atoms with Crippen molar-refractivity contribution in [3.8, 4) is 11.5 Å². The molecule has 0 radical (unpaired) electrons. The Kier molecular flexibility index (Phi) is 4.40. The minimum absolute atomic E-state index is 0.490. The molecule has 0 spiro atoms. The van der Waals surface area contributed by atoms with Gasteiger partial charge in [0, 0.05) is 43.1 Å². The van der Waals surface area contributed by atoms with Gasteiger partial charge in [0.15, 0.2) is 5.82 Å². The van der Waals surface area contributed by atoms with Crippen LogP contribution in [-0.4, -0.2) is 58.2 Å². The zero-order chi connectivity index (χ0) is 16.4. The number of aryl methyl sites for hydroxylation is 1. The summed E-state index contributed by atoms with van der Waals surface area (Å²) in [5.41, 5.74) is 1.77. The van der Waals surface area contributed by atoms with E-state index in [1.165, 1.54) is 12.8 Å². The van der Waals surface area contributed by atoms with E-state index in [9.17, 15) is 0 Å². The molecule has 6 heteroatoms. The Morgan fingerprint density at radius 2 is 2.00 bits per heavy atom. The zero-order valence-electron chi connectivity index (χ0n) is 14.0. The van der Waals surface area contributed by atoms with E-state index in [-0.39, 0.29) is 0 Å². The molecule has 1 saturated heterocycles. The molecular formula is C18H23N5O. The lowest BCUT2D eigenvalue weighted by Crippen LogP contribution is -2.53. The van der Waals surface area contributed by atoms with E-state index >= 15 is 0 Å². The first-order valence-electron chi connectivity index (χ1n) is 8.63. The fourth-order valence-electron chi connectivity index (χ4n) is 3.41. The normalized spacial score (nSPS) is 24.4. The molecule has 3 heterocycles. The van der Waals surface area contributed by atoms with Crippen LogP contribution in [0.1, 0.15) is 18.5 Å². The van der Waals surface area contributed by atoms with E-state index in [1.54, 1.807) is 6.20 Å². The first-order chi connectivity index (χ1) is 11.8. The van der Waals surface area contributed by atoms with Gasteiger partial charge in [-0.25, -0.2) is 9.97 Å². The average molecular weight is 325 g/mol. The van der Waals surface area contributed by atoms with Crippen LogP contribution in [0.2, 0.25) is 0 Å². The lowest BCUT2D eigenvalue weighted by atomic mass is 9.85. The van der Waals surface area contributed by atoms with Gasteiger partial charge in [0.2, 0.25) is 0 Å². The van der Waals surface area contributed by atoms with Crippen molar-refractivity contribution in [2.24, 2.45) is 0 Å². The molecule has 2 aliphatic rings. The maximum atomic E-state index is 5.43. The van der Waals surface area contributed by atoms with E-state index in [4.69, 9.17) is 4.74 Å². The van der Waals surface area contributed by atoms with Crippen molar-refractivity contribution in [2.75, 3.05) is 31.6 Å². The molecule has 0 amide bonds. The Morgan fingerprint density at radius 1 is 1.17 bits per heavy atom. The standard InChI is InChI=1S/C18H23N5O/c1-13-10-17(22-18(20-13)16-4-2-3-5-19-16)21-14-11-15(12-14)23-6-8-24-9-7-23/h2-5,10,14-15H,6-9,11-12H2,1H3,(H,20,21,22). The van der Waals surface area contributed by atoms with Crippen LogP contribution in [-0.2, 0) is 4.74 Å². The summed E-state index contributed by atoms with van der Waals surface area (Å²) in [6, 6.07) is 8.98. The van der Waals surface area contributed by atoms with Crippen molar-refractivity contribution in [1.82, 2.24) is 19.9 Å². The third kappa shape index (κ3) is 3.39. The van der Waals surface area contributed by atoms with E-state index < -0.39 is 0 Å². The molecule has 0 bridgehead atoms. The lowest BCUT2D eigenvalue weighted by Gasteiger charge is -2.44. The van der Waals surface area contributed by atoms with Crippen LogP contribution in [0.5, 0.6) is 0 Å². The molecule has 0 atom stereocenters. The minimum atomic E-state index is 0.490. The largest absolute Gasteiger partial charge is 0.379 e. The summed E-state index contributed by atoms with van der Waals surface area (Å²) in [6.07, 6.45) is 4.11. The van der Waals surface area contributed by atoms with Crippen LogP contribution >= 0.6 is 0 Å². The van der Waals surface area contributed by atoms with E-state index in [0.717, 1.165) is 43.5 Å². The molecule has 4 rings (SSSR count). The number of hydrogen-bond donors (Lipinski definition) is 1. The third-order valence-corrected chi connectivity index (χ3v) is 4.78. The van der Waals surface area contributed by atoms with Crippen LogP contribution in [0.3, 0.4) is 0 Å². The lowest BCUT2D eigenvalue weighted by molar-refractivity contribution is -0.00439. The molecule has 1 aliphatic carbocycles. The van der Waals surface area contributed by atoms with Gasteiger partial charge in [0.25, 0.3) is 0 Å². The summed E-state index contributed by atoms with van der Waals surface area (Å²) in [4.78, 5) is 16.0. The van der Waals surface area contributed by atoms with Gasteiger partial charge in [-0.3, -0.25) is 9.88 Å². The third-order valence-electron chi connectivity index (χ3n) is 4.78. The second-order valence-corrected chi connectivity index (χ2v) is 6.55. The predicted molar refractivity (Wildman–Crippen MR) is 92.8 cm³/mol. The fraction of sp³-hybridized carbons (Fsp3) is 0.500. The second-order valence-electron chi connectivity index (χ2n) is 6.55. The molecule has 0 aromatic carbocycles. The fourth-order valence-corrected chi connectivity index (χ4v) is 3.41. The van der Waals surface area contributed by atoms with Gasteiger partial charge >= 0.3 is 0 Å². The van der Waals surface area contributed by atoms with Gasteiger partial charge in [-0.1, -0.05) is 6.07 Å². The summed E-state index contributed by atoms with van der Waals surface area (Å²) in [7, 11) is 0. The van der Waals surface area contributed by atoms with Crippen molar-refractivity contribution in [3.05, 3.63) is 36.2 Å². The van der Waals surface area contributed by atoms with Gasteiger partial charge in [-0.15, -0.1) is 0 Å². The maximum absolute atomic E-state index is 5.43. The molecular weight excluding hydrogens is 302 g/mol. The van der Waals surface area contributed by atoms with Crippen molar-refractivity contribution >= 4 is 5.82 Å².